The van der Waals surface area contributed by atoms with Gasteiger partial charge in [0.2, 0.25) is 5.91 Å². The van der Waals surface area contributed by atoms with Crippen LogP contribution < -0.4 is 10.6 Å². The molecule has 1 saturated carbocycles. The number of rotatable bonds is 3. The van der Waals surface area contributed by atoms with E-state index in [9.17, 15) is 9.90 Å². The molecule has 96 valence electrons. The number of benzene rings is 1. The smallest absolute Gasteiger partial charge is 0.229 e. The van der Waals surface area contributed by atoms with Crippen molar-refractivity contribution in [2.75, 3.05) is 18.4 Å². The summed E-state index contributed by atoms with van der Waals surface area (Å²) in [5.74, 6) is -0.127. The van der Waals surface area contributed by atoms with Crippen molar-refractivity contribution in [1.82, 2.24) is 5.32 Å². The average Bonchev–Trinajstić information content (AvgIpc) is 2.77. The van der Waals surface area contributed by atoms with Gasteiger partial charge in [0.05, 0.1) is 11.5 Å². The van der Waals surface area contributed by atoms with Gasteiger partial charge in [-0.2, -0.15) is 0 Å². The predicted octanol–water partition coefficient (Wildman–Crippen LogP) is 1.23. The molecule has 2 aliphatic rings. The van der Waals surface area contributed by atoms with Crippen LogP contribution in [0.2, 0.25) is 0 Å². The van der Waals surface area contributed by atoms with Crippen LogP contribution in [-0.4, -0.2) is 29.7 Å². The number of fused-ring (bicyclic) bond motifs is 1. The number of nitrogens with one attached hydrogen (secondary N) is 2. The summed E-state index contributed by atoms with van der Waals surface area (Å²) in [6.07, 6.45) is 2.65. The monoisotopic (exact) mass is 246 g/mol. The lowest BCUT2D eigenvalue weighted by Gasteiger charge is -2.36. The molecule has 1 amide bonds. The minimum Gasteiger partial charge on any atom is -0.388 e. The molecule has 1 aromatic carbocycles. The van der Waals surface area contributed by atoms with E-state index < -0.39 is 5.60 Å². The minimum absolute atomic E-state index is 0.00720. The number of aliphatic hydroxyl groups is 1. The third-order valence-corrected chi connectivity index (χ3v) is 4.03. The molecule has 1 aliphatic carbocycles. The topological polar surface area (TPSA) is 61.4 Å². The van der Waals surface area contributed by atoms with Crippen LogP contribution >= 0.6 is 0 Å². The molecule has 1 heterocycles. The Morgan fingerprint density at radius 3 is 2.94 bits per heavy atom. The number of hydrogen-bond donors (Lipinski definition) is 3. The third-order valence-electron chi connectivity index (χ3n) is 4.03. The molecule has 0 radical (unpaired) electrons. The molecule has 0 spiro atoms. The van der Waals surface area contributed by atoms with Crippen molar-refractivity contribution in [2.24, 2.45) is 0 Å². The quantitative estimate of drug-likeness (QED) is 0.751. The highest BCUT2D eigenvalue weighted by molar-refractivity contribution is 5.88. The number of para-hydroxylation sites is 1. The van der Waals surface area contributed by atoms with Gasteiger partial charge in [-0.15, -0.1) is 0 Å². The van der Waals surface area contributed by atoms with Crippen molar-refractivity contribution in [1.29, 1.82) is 0 Å². The largest absolute Gasteiger partial charge is 0.388 e. The van der Waals surface area contributed by atoms with Gasteiger partial charge in [0, 0.05) is 18.8 Å². The lowest BCUT2D eigenvalue weighted by Crippen LogP contribution is -2.48. The zero-order chi connectivity index (χ0) is 12.6. The van der Waals surface area contributed by atoms with E-state index in [2.05, 4.69) is 10.6 Å². The second kappa shape index (κ2) is 4.28. The fraction of sp³-hybridized carbons (Fsp3) is 0.500. The number of anilines is 1. The highest BCUT2D eigenvalue weighted by atomic mass is 16.3. The van der Waals surface area contributed by atoms with Gasteiger partial charge in [-0.1, -0.05) is 18.2 Å². The van der Waals surface area contributed by atoms with E-state index in [1.54, 1.807) is 0 Å². The molecule has 1 fully saturated rings. The summed E-state index contributed by atoms with van der Waals surface area (Å²) >= 11 is 0. The number of hydrogen-bond acceptors (Lipinski definition) is 3. The molecule has 1 aliphatic heterocycles. The summed E-state index contributed by atoms with van der Waals surface area (Å²) in [6, 6.07) is 7.88. The van der Waals surface area contributed by atoms with E-state index in [4.69, 9.17) is 0 Å². The van der Waals surface area contributed by atoms with Crippen molar-refractivity contribution < 1.29 is 9.90 Å². The zero-order valence-electron chi connectivity index (χ0n) is 10.3. The maximum Gasteiger partial charge on any atom is 0.229 e. The summed E-state index contributed by atoms with van der Waals surface area (Å²) in [5, 5.41) is 16.1. The van der Waals surface area contributed by atoms with Crippen LogP contribution in [0.5, 0.6) is 0 Å². The van der Waals surface area contributed by atoms with Gasteiger partial charge in [-0.3, -0.25) is 4.79 Å². The molecule has 0 saturated heterocycles. The summed E-state index contributed by atoms with van der Waals surface area (Å²) in [7, 11) is 0. The summed E-state index contributed by atoms with van der Waals surface area (Å²) in [4.78, 5) is 12.1. The molecule has 3 rings (SSSR count). The molecule has 1 aromatic rings. The van der Waals surface area contributed by atoms with Crippen molar-refractivity contribution in [3.05, 3.63) is 29.8 Å². The first-order chi connectivity index (χ1) is 8.68. The van der Waals surface area contributed by atoms with Crippen LogP contribution in [0.3, 0.4) is 0 Å². The summed E-state index contributed by atoms with van der Waals surface area (Å²) in [6.45, 7) is 1.02. The maximum absolute atomic E-state index is 12.1. The number of amides is 1. The Morgan fingerprint density at radius 1 is 1.44 bits per heavy atom. The van der Waals surface area contributed by atoms with E-state index in [0.29, 0.717) is 13.1 Å². The first-order valence-corrected chi connectivity index (χ1v) is 6.51. The molecular formula is C14H18N2O2. The van der Waals surface area contributed by atoms with Crippen LogP contribution in [0.4, 0.5) is 5.69 Å². The van der Waals surface area contributed by atoms with Crippen LogP contribution in [0.1, 0.15) is 30.7 Å². The molecule has 18 heavy (non-hydrogen) atoms. The van der Waals surface area contributed by atoms with Crippen molar-refractivity contribution in [3.8, 4) is 0 Å². The van der Waals surface area contributed by atoms with E-state index >= 15 is 0 Å². The molecule has 1 unspecified atom stereocenters. The molecular weight excluding hydrogens is 228 g/mol. The van der Waals surface area contributed by atoms with E-state index in [-0.39, 0.29) is 11.8 Å². The standard InChI is InChI=1S/C14H18N2O2/c17-13(16-9-14(18)6-3-7-14)11-8-15-12-5-2-1-4-10(11)12/h1-2,4-5,11,15,18H,3,6-9H2,(H,16,17). The minimum atomic E-state index is -0.652. The molecule has 3 N–H and O–H groups in total. The van der Waals surface area contributed by atoms with Crippen molar-refractivity contribution in [2.45, 2.75) is 30.8 Å². The Balaban J connectivity index is 1.64. The molecule has 0 bridgehead atoms. The Labute approximate surface area is 106 Å². The van der Waals surface area contributed by atoms with Crippen LogP contribution in [0.15, 0.2) is 24.3 Å². The summed E-state index contributed by atoms with van der Waals surface area (Å²) in [5.41, 5.74) is 1.44. The molecule has 4 nitrogen and oxygen atoms in total. The summed E-state index contributed by atoms with van der Waals surface area (Å²) < 4.78 is 0. The first kappa shape index (κ1) is 11.5. The van der Waals surface area contributed by atoms with Crippen molar-refractivity contribution in [3.63, 3.8) is 0 Å². The van der Waals surface area contributed by atoms with Gasteiger partial charge in [-0.05, 0) is 30.9 Å². The lowest BCUT2D eigenvalue weighted by molar-refractivity contribution is -0.124. The van der Waals surface area contributed by atoms with Gasteiger partial charge in [0.1, 0.15) is 0 Å². The molecule has 4 heteroatoms. The fourth-order valence-corrected chi connectivity index (χ4v) is 2.65. The van der Waals surface area contributed by atoms with Crippen molar-refractivity contribution >= 4 is 11.6 Å². The second-order valence-corrected chi connectivity index (χ2v) is 5.32. The van der Waals surface area contributed by atoms with Gasteiger partial charge in [0.15, 0.2) is 0 Å². The molecule has 1 atom stereocenters. The van der Waals surface area contributed by atoms with Gasteiger partial charge in [0.25, 0.3) is 0 Å². The van der Waals surface area contributed by atoms with E-state index in [0.717, 1.165) is 30.5 Å². The Hall–Kier alpha value is -1.55. The molecule has 0 aromatic heterocycles. The predicted molar refractivity (Wildman–Crippen MR) is 69.5 cm³/mol. The Bertz CT molecular complexity index is 469. The van der Waals surface area contributed by atoms with Gasteiger partial charge < -0.3 is 15.7 Å². The van der Waals surface area contributed by atoms with Crippen LogP contribution in [0, 0.1) is 0 Å². The normalized spacial score (nSPS) is 23.7. The Morgan fingerprint density at radius 2 is 2.22 bits per heavy atom. The average molecular weight is 246 g/mol. The second-order valence-electron chi connectivity index (χ2n) is 5.32. The highest BCUT2D eigenvalue weighted by Gasteiger charge is 2.36. The van der Waals surface area contributed by atoms with Crippen LogP contribution in [-0.2, 0) is 4.79 Å². The van der Waals surface area contributed by atoms with E-state index in [1.807, 2.05) is 24.3 Å². The van der Waals surface area contributed by atoms with Crippen LogP contribution in [0.25, 0.3) is 0 Å². The SMILES string of the molecule is O=C(NCC1(O)CCC1)C1CNc2ccccc21. The zero-order valence-corrected chi connectivity index (χ0v) is 10.3. The van der Waals surface area contributed by atoms with E-state index in [1.165, 1.54) is 0 Å². The third kappa shape index (κ3) is 1.97. The van der Waals surface area contributed by atoms with Gasteiger partial charge in [-0.25, -0.2) is 0 Å². The van der Waals surface area contributed by atoms with Gasteiger partial charge >= 0.3 is 0 Å². The lowest BCUT2D eigenvalue weighted by atomic mass is 9.80. The number of carbonyl (C=O) groups excluding carboxylic acids is 1. The highest BCUT2D eigenvalue weighted by Crippen LogP contribution is 2.33. The first-order valence-electron chi connectivity index (χ1n) is 6.51. The number of carbonyl (C=O) groups is 1. The maximum atomic E-state index is 12.1. The fourth-order valence-electron chi connectivity index (χ4n) is 2.65. The Kier molecular flexibility index (Phi) is 2.74.